The molecule has 1 rings (SSSR count). The molecule has 1 N–H and O–H groups in total. The second kappa shape index (κ2) is 6.05. The molecule has 1 nitrogen and oxygen atoms in total. The Morgan fingerprint density at radius 1 is 1.25 bits per heavy atom. The highest BCUT2D eigenvalue weighted by atomic mass is 14.9. The molecule has 0 aromatic heterocycles. The zero-order chi connectivity index (χ0) is 12.2. The molecule has 2 atom stereocenters. The van der Waals surface area contributed by atoms with Gasteiger partial charge in [0.2, 0.25) is 0 Å². The average molecular weight is 225 g/mol. The first kappa shape index (κ1) is 14.0. The minimum atomic E-state index is 0.480. The Labute approximate surface area is 102 Å². The number of hydrogen-bond acceptors (Lipinski definition) is 1. The molecule has 1 heteroatoms. The Kier molecular flexibility index (Phi) is 5.30. The van der Waals surface area contributed by atoms with Gasteiger partial charge in [-0.1, -0.05) is 47.0 Å². The minimum absolute atomic E-state index is 0.480. The van der Waals surface area contributed by atoms with Crippen LogP contribution in [0.15, 0.2) is 0 Å². The molecular weight excluding hydrogens is 194 g/mol. The fourth-order valence-electron chi connectivity index (χ4n) is 3.08. The van der Waals surface area contributed by atoms with Gasteiger partial charge in [0.25, 0.3) is 0 Å². The zero-order valence-corrected chi connectivity index (χ0v) is 12.0. The lowest BCUT2D eigenvalue weighted by Gasteiger charge is -2.32. The quantitative estimate of drug-likeness (QED) is 0.713. The van der Waals surface area contributed by atoms with Crippen molar-refractivity contribution >= 4 is 0 Å². The van der Waals surface area contributed by atoms with Gasteiger partial charge in [-0.05, 0) is 43.6 Å². The minimum Gasteiger partial charge on any atom is -0.317 e. The van der Waals surface area contributed by atoms with Crippen LogP contribution in [-0.4, -0.2) is 13.1 Å². The van der Waals surface area contributed by atoms with Gasteiger partial charge >= 0.3 is 0 Å². The fraction of sp³-hybridized carbons (Fsp3) is 1.00. The maximum atomic E-state index is 3.52. The van der Waals surface area contributed by atoms with Gasteiger partial charge in [0, 0.05) is 6.04 Å². The lowest BCUT2D eigenvalue weighted by atomic mass is 9.77. The Morgan fingerprint density at radius 3 is 2.25 bits per heavy atom. The van der Waals surface area contributed by atoms with Crippen LogP contribution < -0.4 is 5.32 Å². The van der Waals surface area contributed by atoms with Crippen molar-refractivity contribution in [1.29, 1.82) is 0 Å². The number of hydrogen-bond donors (Lipinski definition) is 1. The van der Waals surface area contributed by atoms with E-state index >= 15 is 0 Å². The van der Waals surface area contributed by atoms with Crippen molar-refractivity contribution in [3.63, 3.8) is 0 Å². The molecule has 0 amide bonds. The van der Waals surface area contributed by atoms with Crippen LogP contribution in [0.5, 0.6) is 0 Å². The molecule has 0 aromatic carbocycles. The first-order valence-electron chi connectivity index (χ1n) is 7.08. The van der Waals surface area contributed by atoms with Crippen LogP contribution >= 0.6 is 0 Å². The average Bonchev–Trinajstić information content (AvgIpc) is 2.05. The molecule has 0 spiro atoms. The van der Waals surface area contributed by atoms with Gasteiger partial charge in [-0.15, -0.1) is 0 Å². The van der Waals surface area contributed by atoms with Gasteiger partial charge in [-0.3, -0.25) is 0 Å². The summed E-state index contributed by atoms with van der Waals surface area (Å²) in [6, 6.07) is 0.752. The highest BCUT2D eigenvalue weighted by Gasteiger charge is 2.23. The van der Waals surface area contributed by atoms with E-state index in [2.05, 4.69) is 40.1 Å². The topological polar surface area (TPSA) is 12.0 Å². The van der Waals surface area contributed by atoms with Gasteiger partial charge in [0.05, 0.1) is 0 Å². The molecule has 0 aliphatic heterocycles. The molecule has 16 heavy (non-hydrogen) atoms. The molecule has 2 unspecified atom stereocenters. The third-order valence-electron chi connectivity index (χ3n) is 3.90. The van der Waals surface area contributed by atoms with Crippen LogP contribution in [-0.2, 0) is 0 Å². The summed E-state index contributed by atoms with van der Waals surface area (Å²) < 4.78 is 0. The van der Waals surface area contributed by atoms with Crippen LogP contribution in [0.3, 0.4) is 0 Å². The predicted octanol–water partition coefficient (Wildman–Crippen LogP) is 4.23. The maximum absolute atomic E-state index is 3.52. The fourth-order valence-corrected chi connectivity index (χ4v) is 3.08. The van der Waals surface area contributed by atoms with E-state index in [4.69, 9.17) is 0 Å². The zero-order valence-electron chi connectivity index (χ0n) is 12.0. The van der Waals surface area contributed by atoms with E-state index in [1.54, 1.807) is 0 Å². The van der Waals surface area contributed by atoms with E-state index in [-0.39, 0.29) is 0 Å². The molecule has 0 saturated heterocycles. The summed E-state index contributed by atoms with van der Waals surface area (Å²) in [6.45, 7) is 9.47. The van der Waals surface area contributed by atoms with Gasteiger partial charge in [0.15, 0.2) is 0 Å². The van der Waals surface area contributed by atoms with E-state index < -0.39 is 0 Å². The van der Waals surface area contributed by atoms with E-state index in [1.165, 1.54) is 38.5 Å². The smallest absolute Gasteiger partial charge is 0.00692 e. The van der Waals surface area contributed by atoms with Crippen LogP contribution in [0, 0.1) is 17.3 Å². The van der Waals surface area contributed by atoms with Crippen LogP contribution in [0.4, 0.5) is 0 Å². The predicted molar refractivity (Wildman–Crippen MR) is 72.7 cm³/mol. The van der Waals surface area contributed by atoms with Crippen molar-refractivity contribution in [2.45, 2.75) is 72.3 Å². The summed E-state index contributed by atoms with van der Waals surface area (Å²) in [4.78, 5) is 0. The SMILES string of the molecule is CNC(CC(C)CC(C)(C)C)CC1CCC1. The normalized spacial score (nSPS) is 21.6. The van der Waals surface area contributed by atoms with Gasteiger partial charge in [-0.2, -0.15) is 0 Å². The van der Waals surface area contributed by atoms with Crippen molar-refractivity contribution in [2.75, 3.05) is 7.05 Å². The maximum Gasteiger partial charge on any atom is 0.00692 e. The van der Waals surface area contributed by atoms with Gasteiger partial charge in [-0.25, -0.2) is 0 Å². The van der Waals surface area contributed by atoms with Gasteiger partial charge < -0.3 is 5.32 Å². The Bertz CT molecular complexity index is 188. The molecule has 0 aromatic rings. The number of nitrogens with one attached hydrogen (secondary N) is 1. The molecule has 0 bridgehead atoms. The summed E-state index contributed by atoms with van der Waals surface area (Å²) in [5, 5.41) is 3.52. The molecule has 96 valence electrons. The van der Waals surface area contributed by atoms with Crippen molar-refractivity contribution < 1.29 is 0 Å². The van der Waals surface area contributed by atoms with Crippen molar-refractivity contribution in [3.8, 4) is 0 Å². The van der Waals surface area contributed by atoms with Crippen LogP contribution in [0.1, 0.15) is 66.2 Å². The molecule has 1 saturated carbocycles. The second-order valence-corrected chi connectivity index (χ2v) is 7.12. The summed E-state index contributed by atoms with van der Waals surface area (Å²) in [5.41, 5.74) is 0.480. The number of rotatable bonds is 6. The first-order valence-corrected chi connectivity index (χ1v) is 7.08. The second-order valence-electron chi connectivity index (χ2n) is 7.12. The largest absolute Gasteiger partial charge is 0.317 e. The standard InChI is InChI=1S/C15H31N/c1-12(11-15(2,3)4)9-14(16-5)10-13-7-6-8-13/h12-14,16H,6-11H2,1-5H3. The first-order chi connectivity index (χ1) is 7.40. The highest BCUT2D eigenvalue weighted by molar-refractivity contribution is 4.79. The third kappa shape index (κ3) is 5.34. The van der Waals surface area contributed by atoms with Crippen molar-refractivity contribution in [2.24, 2.45) is 17.3 Å². The van der Waals surface area contributed by atoms with Gasteiger partial charge in [0.1, 0.15) is 0 Å². The summed E-state index contributed by atoms with van der Waals surface area (Å²) >= 11 is 0. The molecular formula is C15H31N. The third-order valence-corrected chi connectivity index (χ3v) is 3.90. The monoisotopic (exact) mass is 225 g/mol. The summed E-state index contributed by atoms with van der Waals surface area (Å²) in [5.74, 6) is 1.87. The Morgan fingerprint density at radius 2 is 1.88 bits per heavy atom. The summed E-state index contributed by atoms with van der Waals surface area (Å²) in [6.07, 6.45) is 8.53. The lowest BCUT2D eigenvalue weighted by molar-refractivity contribution is 0.227. The van der Waals surface area contributed by atoms with Crippen LogP contribution in [0.25, 0.3) is 0 Å². The molecule has 1 aliphatic carbocycles. The highest BCUT2D eigenvalue weighted by Crippen LogP contribution is 2.33. The Balaban J connectivity index is 2.25. The Hall–Kier alpha value is -0.0400. The summed E-state index contributed by atoms with van der Waals surface area (Å²) in [7, 11) is 2.13. The molecule has 1 fully saturated rings. The van der Waals surface area contributed by atoms with E-state index in [0.29, 0.717) is 5.41 Å². The van der Waals surface area contributed by atoms with E-state index in [0.717, 1.165) is 17.9 Å². The molecule has 1 aliphatic rings. The van der Waals surface area contributed by atoms with E-state index in [1.807, 2.05) is 0 Å². The van der Waals surface area contributed by atoms with Crippen molar-refractivity contribution in [3.05, 3.63) is 0 Å². The van der Waals surface area contributed by atoms with E-state index in [9.17, 15) is 0 Å². The lowest BCUT2D eigenvalue weighted by Crippen LogP contribution is -2.32. The van der Waals surface area contributed by atoms with Crippen LogP contribution in [0.2, 0.25) is 0 Å². The molecule has 0 radical (unpaired) electrons. The van der Waals surface area contributed by atoms with Crippen molar-refractivity contribution in [1.82, 2.24) is 5.32 Å². The molecule has 0 heterocycles.